The SMILES string of the molecule is CCCCCC1CCC(C2CCC(C(=O)CCC)CC2)C(C)C1. The molecular formula is C22H40O. The molecule has 2 aliphatic rings. The number of unbranched alkanes of at least 4 members (excludes halogenated alkanes) is 2. The molecule has 0 N–H and O–H groups in total. The van der Waals surface area contributed by atoms with E-state index in [-0.39, 0.29) is 0 Å². The zero-order chi connectivity index (χ0) is 16.7. The van der Waals surface area contributed by atoms with Crippen molar-refractivity contribution >= 4 is 5.78 Å². The highest BCUT2D eigenvalue weighted by Gasteiger charge is 2.35. The number of ketones is 1. The molecule has 0 aromatic carbocycles. The van der Waals surface area contributed by atoms with Gasteiger partial charge in [0.15, 0.2) is 0 Å². The summed E-state index contributed by atoms with van der Waals surface area (Å²) < 4.78 is 0. The summed E-state index contributed by atoms with van der Waals surface area (Å²) in [5, 5.41) is 0. The maximum atomic E-state index is 12.1. The van der Waals surface area contributed by atoms with Crippen molar-refractivity contribution in [2.24, 2.45) is 29.6 Å². The van der Waals surface area contributed by atoms with E-state index in [1.54, 1.807) is 0 Å². The van der Waals surface area contributed by atoms with Crippen LogP contribution in [0.4, 0.5) is 0 Å². The van der Waals surface area contributed by atoms with Gasteiger partial charge in [-0.2, -0.15) is 0 Å². The Hall–Kier alpha value is -0.330. The van der Waals surface area contributed by atoms with Crippen LogP contribution < -0.4 is 0 Å². The van der Waals surface area contributed by atoms with E-state index in [9.17, 15) is 4.79 Å². The summed E-state index contributed by atoms with van der Waals surface area (Å²) in [5.41, 5.74) is 0. The lowest BCUT2D eigenvalue weighted by Crippen LogP contribution is -2.32. The summed E-state index contributed by atoms with van der Waals surface area (Å²) in [7, 11) is 0. The number of Topliss-reactive ketones (excluding diaryl/α,β-unsaturated/α-hetero) is 1. The maximum Gasteiger partial charge on any atom is 0.135 e. The average Bonchev–Trinajstić information content (AvgIpc) is 2.56. The molecule has 0 amide bonds. The molecule has 0 spiro atoms. The number of carbonyl (C=O) groups excluding carboxylic acids is 1. The van der Waals surface area contributed by atoms with Crippen LogP contribution in [0.25, 0.3) is 0 Å². The van der Waals surface area contributed by atoms with Gasteiger partial charge in [-0.05, 0) is 68.6 Å². The van der Waals surface area contributed by atoms with Gasteiger partial charge in [0.05, 0.1) is 0 Å². The van der Waals surface area contributed by atoms with Gasteiger partial charge in [-0.15, -0.1) is 0 Å². The van der Waals surface area contributed by atoms with E-state index in [1.165, 1.54) is 70.6 Å². The van der Waals surface area contributed by atoms with E-state index in [0.717, 1.165) is 36.5 Å². The van der Waals surface area contributed by atoms with Gasteiger partial charge in [-0.25, -0.2) is 0 Å². The minimum absolute atomic E-state index is 0.409. The molecule has 23 heavy (non-hydrogen) atoms. The van der Waals surface area contributed by atoms with Crippen LogP contribution in [0.2, 0.25) is 0 Å². The first kappa shape index (κ1) is 19.0. The molecule has 1 heteroatoms. The van der Waals surface area contributed by atoms with Crippen molar-refractivity contribution in [2.75, 3.05) is 0 Å². The van der Waals surface area contributed by atoms with Gasteiger partial charge in [0.2, 0.25) is 0 Å². The topological polar surface area (TPSA) is 17.1 Å². The lowest BCUT2D eigenvalue weighted by atomic mass is 9.64. The number of hydrogen-bond acceptors (Lipinski definition) is 1. The van der Waals surface area contributed by atoms with Crippen molar-refractivity contribution in [3.63, 3.8) is 0 Å². The zero-order valence-electron chi connectivity index (χ0n) is 16.0. The summed E-state index contributed by atoms with van der Waals surface area (Å²) in [6.07, 6.45) is 17.0. The number of carbonyl (C=O) groups is 1. The average molecular weight is 321 g/mol. The summed E-state index contributed by atoms with van der Waals surface area (Å²) in [6, 6.07) is 0. The lowest BCUT2D eigenvalue weighted by molar-refractivity contribution is -0.124. The Morgan fingerprint density at radius 3 is 2.26 bits per heavy atom. The molecule has 2 rings (SSSR count). The molecule has 1 nitrogen and oxygen atoms in total. The third-order valence-corrected chi connectivity index (χ3v) is 6.89. The van der Waals surface area contributed by atoms with Gasteiger partial charge >= 0.3 is 0 Å². The Balaban J connectivity index is 1.73. The molecule has 134 valence electrons. The molecule has 3 atom stereocenters. The fourth-order valence-corrected chi connectivity index (χ4v) is 5.50. The second-order valence-corrected chi connectivity index (χ2v) is 8.64. The van der Waals surface area contributed by atoms with E-state index in [2.05, 4.69) is 20.8 Å². The molecule has 2 saturated carbocycles. The molecule has 0 aromatic rings. The van der Waals surface area contributed by atoms with Gasteiger partial charge < -0.3 is 0 Å². The standard InChI is InChI=1S/C22H40O/c1-4-6-7-9-18-10-15-21(17(3)16-18)19-11-13-20(14-12-19)22(23)8-5-2/h17-21H,4-16H2,1-3H3. The van der Waals surface area contributed by atoms with Crippen molar-refractivity contribution < 1.29 is 4.79 Å². The minimum Gasteiger partial charge on any atom is -0.299 e. The van der Waals surface area contributed by atoms with Crippen LogP contribution in [0.5, 0.6) is 0 Å². The quantitative estimate of drug-likeness (QED) is 0.450. The molecule has 0 heterocycles. The highest BCUT2D eigenvalue weighted by molar-refractivity contribution is 5.80. The minimum atomic E-state index is 0.409. The monoisotopic (exact) mass is 320 g/mol. The fourth-order valence-electron chi connectivity index (χ4n) is 5.50. The fraction of sp³-hybridized carbons (Fsp3) is 0.955. The van der Waals surface area contributed by atoms with Gasteiger partial charge in [0.25, 0.3) is 0 Å². The van der Waals surface area contributed by atoms with Crippen LogP contribution >= 0.6 is 0 Å². The second kappa shape index (κ2) is 9.84. The van der Waals surface area contributed by atoms with Gasteiger partial charge in [0, 0.05) is 12.3 Å². The van der Waals surface area contributed by atoms with Crippen LogP contribution in [-0.2, 0) is 4.79 Å². The first-order chi connectivity index (χ1) is 11.2. The molecule has 3 unspecified atom stereocenters. The second-order valence-electron chi connectivity index (χ2n) is 8.64. The van der Waals surface area contributed by atoms with Gasteiger partial charge in [-0.1, -0.05) is 52.9 Å². The van der Waals surface area contributed by atoms with E-state index in [1.807, 2.05) is 0 Å². The van der Waals surface area contributed by atoms with Crippen molar-refractivity contribution in [1.82, 2.24) is 0 Å². The molecule has 2 aliphatic carbocycles. The Bertz CT molecular complexity index is 340. The van der Waals surface area contributed by atoms with Crippen LogP contribution in [0, 0.1) is 29.6 Å². The highest BCUT2D eigenvalue weighted by atomic mass is 16.1. The van der Waals surface area contributed by atoms with E-state index in [4.69, 9.17) is 0 Å². The molecule has 0 saturated heterocycles. The third-order valence-electron chi connectivity index (χ3n) is 6.89. The smallest absolute Gasteiger partial charge is 0.135 e. The number of hydrogen-bond donors (Lipinski definition) is 0. The normalized spacial score (nSPS) is 35.2. The molecular weight excluding hydrogens is 280 g/mol. The van der Waals surface area contributed by atoms with Crippen molar-refractivity contribution in [3.05, 3.63) is 0 Å². The number of rotatable bonds is 8. The molecule has 0 radical (unpaired) electrons. The highest BCUT2D eigenvalue weighted by Crippen LogP contribution is 2.45. The molecule has 0 aromatic heterocycles. The first-order valence-corrected chi connectivity index (χ1v) is 10.7. The van der Waals surface area contributed by atoms with Crippen molar-refractivity contribution in [2.45, 2.75) is 104 Å². The van der Waals surface area contributed by atoms with Crippen LogP contribution in [0.1, 0.15) is 104 Å². The summed E-state index contributed by atoms with van der Waals surface area (Å²) in [4.78, 5) is 12.1. The Morgan fingerprint density at radius 2 is 1.65 bits per heavy atom. The maximum absolute atomic E-state index is 12.1. The Labute approximate surface area is 145 Å². The van der Waals surface area contributed by atoms with Crippen LogP contribution in [0.3, 0.4) is 0 Å². The Morgan fingerprint density at radius 1 is 0.913 bits per heavy atom. The predicted molar refractivity (Wildman–Crippen MR) is 99.5 cm³/mol. The largest absolute Gasteiger partial charge is 0.299 e. The third kappa shape index (κ3) is 5.61. The zero-order valence-corrected chi connectivity index (χ0v) is 16.0. The molecule has 0 bridgehead atoms. The Kier molecular flexibility index (Phi) is 8.13. The van der Waals surface area contributed by atoms with E-state index < -0.39 is 0 Å². The van der Waals surface area contributed by atoms with Gasteiger partial charge in [-0.3, -0.25) is 4.79 Å². The van der Waals surface area contributed by atoms with Crippen molar-refractivity contribution in [1.29, 1.82) is 0 Å². The van der Waals surface area contributed by atoms with Crippen molar-refractivity contribution in [3.8, 4) is 0 Å². The summed E-state index contributed by atoms with van der Waals surface area (Å²) in [5.74, 6) is 4.77. The lowest BCUT2D eigenvalue weighted by Gasteiger charge is -2.41. The summed E-state index contributed by atoms with van der Waals surface area (Å²) in [6.45, 7) is 6.95. The molecule has 0 aliphatic heterocycles. The van der Waals surface area contributed by atoms with Crippen LogP contribution in [-0.4, -0.2) is 5.78 Å². The predicted octanol–water partition coefficient (Wildman–Crippen LogP) is 6.79. The van der Waals surface area contributed by atoms with Gasteiger partial charge in [0.1, 0.15) is 5.78 Å². The summed E-state index contributed by atoms with van der Waals surface area (Å²) >= 11 is 0. The molecule has 2 fully saturated rings. The van der Waals surface area contributed by atoms with E-state index in [0.29, 0.717) is 11.7 Å². The first-order valence-electron chi connectivity index (χ1n) is 10.7. The van der Waals surface area contributed by atoms with Crippen LogP contribution in [0.15, 0.2) is 0 Å². The van der Waals surface area contributed by atoms with E-state index >= 15 is 0 Å².